The molecule has 2 atom stereocenters. The molecule has 0 heterocycles. The summed E-state index contributed by atoms with van der Waals surface area (Å²) in [6.45, 7) is 4.41. The van der Waals surface area contributed by atoms with Crippen LogP contribution < -0.4 is 0 Å². The van der Waals surface area contributed by atoms with Crippen molar-refractivity contribution in [3.05, 3.63) is 24.3 Å². The number of carboxylic acid groups (broad SMARTS) is 2. The SMILES string of the molecule is CCCCCCCCCC/C=C/C(CCC(=O)O)C(=O)OC(=O)C(/C=C/CCCCCCCCCC)CCC(=O)O. The van der Waals surface area contributed by atoms with Gasteiger partial charge in [-0.15, -0.1) is 0 Å². The predicted octanol–water partition coefficient (Wildman–Crippen LogP) is 9.19. The lowest BCUT2D eigenvalue weighted by atomic mass is 10.00. The average Bonchev–Trinajstić information content (AvgIpc) is 2.93. The topological polar surface area (TPSA) is 118 Å². The summed E-state index contributed by atoms with van der Waals surface area (Å²) in [5.41, 5.74) is 0. The summed E-state index contributed by atoms with van der Waals surface area (Å²) in [7, 11) is 0. The molecule has 2 N–H and O–H groups in total. The molecule has 0 bridgehead atoms. The van der Waals surface area contributed by atoms with Gasteiger partial charge in [0.1, 0.15) is 0 Å². The summed E-state index contributed by atoms with van der Waals surface area (Å²) in [4.78, 5) is 47.9. The maximum atomic E-state index is 12.8. The van der Waals surface area contributed by atoms with Crippen molar-refractivity contribution in [2.45, 2.75) is 155 Å². The number of hydrogen-bond donors (Lipinski definition) is 2. The van der Waals surface area contributed by atoms with Crippen LogP contribution in [0.25, 0.3) is 0 Å². The summed E-state index contributed by atoms with van der Waals surface area (Å²) in [6.07, 6.45) is 27.5. The molecule has 2 unspecified atom stereocenters. The van der Waals surface area contributed by atoms with E-state index in [0.29, 0.717) is 0 Å². The van der Waals surface area contributed by atoms with E-state index in [1.807, 2.05) is 12.2 Å². The number of carbonyl (C=O) groups is 4. The fourth-order valence-electron chi connectivity index (χ4n) is 4.71. The lowest BCUT2D eigenvalue weighted by Crippen LogP contribution is -2.25. The molecule has 0 aliphatic rings. The molecule has 0 aliphatic heterocycles. The molecule has 0 fully saturated rings. The van der Waals surface area contributed by atoms with Crippen molar-refractivity contribution >= 4 is 23.9 Å². The van der Waals surface area contributed by atoms with E-state index in [4.69, 9.17) is 14.9 Å². The van der Waals surface area contributed by atoms with Gasteiger partial charge in [-0.2, -0.15) is 0 Å². The zero-order valence-corrected chi connectivity index (χ0v) is 26.0. The second kappa shape index (κ2) is 27.7. The van der Waals surface area contributed by atoms with Crippen LogP contribution in [0.5, 0.6) is 0 Å². The molecule has 41 heavy (non-hydrogen) atoms. The lowest BCUT2D eigenvalue weighted by Gasteiger charge is -2.14. The van der Waals surface area contributed by atoms with Gasteiger partial charge in [0.25, 0.3) is 0 Å². The third-order valence-electron chi connectivity index (χ3n) is 7.33. The lowest BCUT2D eigenvalue weighted by molar-refractivity contribution is -0.163. The number of unbranched alkanes of at least 4 members (excludes halogenated alkanes) is 16. The third-order valence-corrected chi connectivity index (χ3v) is 7.33. The van der Waals surface area contributed by atoms with Crippen LogP contribution in [-0.4, -0.2) is 34.1 Å². The van der Waals surface area contributed by atoms with E-state index in [-0.39, 0.29) is 25.7 Å². The molecule has 0 aromatic carbocycles. The van der Waals surface area contributed by atoms with Gasteiger partial charge >= 0.3 is 23.9 Å². The Hall–Kier alpha value is -2.44. The average molecular weight is 579 g/mol. The van der Waals surface area contributed by atoms with Gasteiger partial charge in [-0.05, 0) is 38.5 Å². The second-order valence-electron chi connectivity index (χ2n) is 11.2. The van der Waals surface area contributed by atoms with Crippen LogP contribution in [0.3, 0.4) is 0 Å². The summed E-state index contributed by atoms with van der Waals surface area (Å²) in [6, 6.07) is 0. The number of hydrogen-bond acceptors (Lipinski definition) is 5. The molecule has 7 heteroatoms. The number of allylic oxidation sites excluding steroid dienone is 2. The highest BCUT2D eigenvalue weighted by atomic mass is 16.6. The Balaban J connectivity index is 4.79. The molecule has 0 spiro atoms. The highest BCUT2D eigenvalue weighted by Crippen LogP contribution is 2.18. The van der Waals surface area contributed by atoms with E-state index in [1.165, 1.54) is 77.0 Å². The molecule has 0 aromatic heterocycles. The third kappa shape index (κ3) is 25.0. The van der Waals surface area contributed by atoms with Crippen LogP contribution in [-0.2, 0) is 23.9 Å². The largest absolute Gasteiger partial charge is 0.481 e. The van der Waals surface area contributed by atoms with Gasteiger partial charge < -0.3 is 14.9 Å². The molecule has 0 aliphatic carbocycles. The Morgan fingerprint density at radius 2 is 0.854 bits per heavy atom. The molecule has 0 saturated heterocycles. The van der Waals surface area contributed by atoms with Gasteiger partial charge in [-0.1, -0.05) is 128 Å². The molecule has 0 aromatic rings. The van der Waals surface area contributed by atoms with Crippen LogP contribution in [0.1, 0.15) is 155 Å². The monoisotopic (exact) mass is 578 g/mol. The quantitative estimate of drug-likeness (QED) is 0.0411. The van der Waals surface area contributed by atoms with E-state index in [1.54, 1.807) is 12.2 Å². The zero-order valence-electron chi connectivity index (χ0n) is 26.0. The molecule has 0 amide bonds. The molecule has 0 radical (unpaired) electrons. The number of esters is 2. The highest BCUT2D eigenvalue weighted by molar-refractivity contribution is 5.89. The maximum Gasteiger partial charge on any atom is 0.320 e. The standard InChI is InChI=1S/C34H58O7/c1-3-5-7-9-11-13-15-17-19-21-23-29(25-27-31(35)36)33(39)41-34(40)30(26-28-32(37)38)24-22-20-18-16-14-12-10-8-6-4-2/h21-24,29-30H,3-20,25-28H2,1-2H3,(H,35,36)(H,37,38)/b23-21+,24-22+. The Morgan fingerprint density at radius 1 is 0.537 bits per heavy atom. The summed E-state index contributed by atoms with van der Waals surface area (Å²) in [5.74, 6) is -5.25. The van der Waals surface area contributed by atoms with E-state index in [0.717, 1.165) is 38.5 Å². The van der Waals surface area contributed by atoms with E-state index in [9.17, 15) is 19.2 Å². The second-order valence-corrected chi connectivity index (χ2v) is 11.2. The van der Waals surface area contributed by atoms with Crippen molar-refractivity contribution in [1.82, 2.24) is 0 Å². The van der Waals surface area contributed by atoms with Crippen molar-refractivity contribution < 1.29 is 34.1 Å². The number of carboxylic acids is 2. The van der Waals surface area contributed by atoms with Crippen molar-refractivity contribution in [1.29, 1.82) is 0 Å². The maximum absolute atomic E-state index is 12.8. The van der Waals surface area contributed by atoms with Crippen molar-refractivity contribution in [2.75, 3.05) is 0 Å². The number of aliphatic carboxylic acids is 2. The van der Waals surface area contributed by atoms with Crippen LogP contribution in [0.4, 0.5) is 0 Å². The summed E-state index contributed by atoms with van der Waals surface area (Å²) >= 11 is 0. The Labute approximate surface area is 249 Å². The fraction of sp³-hybridized carbons (Fsp3) is 0.765. The first-order valence-electron chi connectivity index (χ1n) is 16.3. The van der Waals surface area contributed by atoms with Crippen molar-refractivity contribution in [3.8, 4) is 0 Å². The first-order chi connectivity index (χ1) is 19.8. The molecule has 236 valence electrons. The van der Waals surface area contributed by atoms with Crippen molar-refractivity contribution in [3.63, 3.8) is 0 Å². The molecular weight excluding hydrogens is 520 g/mol. The Morgan fingerprint density at radius 3 is 1.17 bits per heavy atom. The van der Waals surface area contributed by atoms with E-state index < -0.39 is 35.7 Å². The minimum absolute atomic E-state index is 0.0451. The first kappa shape index (κ1) is 38.6. The van der Waals surface area contributed by atoms with Gasteiger partial charge in [0.2, 0.25) is 0 Å². The normalized spacial score (nSPS) is 13.0. The zero-order chi connectivity index (χ0) is 30.6. The van der Waals surface area contributed by atoms with Gasteiger partial charge in [0.05, 0.1) is 11.8 Å². The summed E-state index contributed by atoms with van der Waals surface area (Å²) < 4.78 is 5.16. The van der Waals surface area contributed by atoms with Crippen LogP contribution >= 0.6 is 0 Å². The number of carbonyl (C=O) groups excluding carboxylic acids is 2. The van der Waals surface area contributed by atoms with Gasteiger partial charge in [-0.25, -0.2) is 0 Å². The predicted molar refractivity (Wildman–Crippen MR) is 165 cm³/mol. The van der Waals surface area contributed by atoms with E-state index in [2.05, 4.69) is 13.8 Å². The van der Waals surface area contributed by atoms with Crippen LogP contribution in [0, 0.1) is 11.8 Å². The highest BCUT2D eigenvalue weighted by Gasteiger charge is 2.25. The van der Waals surface area contributed by atoms with Gasteiger partial charge in [0.15, 0.2) is 0 Å². The van der Waals surface area contributed by atoms with Crippen molar-refractivity contribution in [2.24, 2.45) is 11.8 Å². The molecular formula is C34H58O7. The first-order valence-corrected chi connectivity index (χ1v) is 16.3. The Kier molecular flexibility index (Phi) is 26.1. The van der Waals surface area contributed by atoms with E-state index >= 15 is 0 Å². The number of ether oxygens (including phenoxy) is 1. The smallest absolute Gasteiger partial charge is 0.320 e. The fourth-order valence-corrected chi connectivity index (χ4v) is 4.71. The Bertz CT molecular complexity index is 694. The minimum atomic E-state index is -1.02. The summed E-state index contributed by atoms with van der Waals surface area (Å²) in [5, 5.41) is 18.2. The minimum Gasteiger partial charge on any atom is -0.481 e. The molecule has 0 saturated carbocycles. The molecule has 0 rings (SSSR count). The number of rotatable bonds is 28. The van der Waals surface area contributed by atoms with Gasteiger partial charge in [-0.3, -0.25) is 19.2 Å². The van der Waals surface area contributed by atoms with Crippen LogP contribution in [0.15, 0.2) is 24.3 Å². The molecule has 7 nitrogen and oxygen atoms in total. The van der Waals surface area contributed by atoms with Crippen LogP contribution in [0.2, 0.25) is 0 Å². The van der Waals surface area contributed by atoms with Gasteiger partial charge in [0, 0.05) is 12.8 Å².